The minimum Gasteiger partial charge on any atom is -0.372 e. The predicted molar refractivity (Wildman–Crippen MR) is 109 cm³/mol. The first-order valence-corrected chi connectivity index (χ1v) is 9.45. The van der Waals surface area contributed by atoms with Gasteiger partial charge in [-0.15, -0.1) is 0 Å². The largest absolute Gasteiger partial charge is 0.372 e. The van der Waals surface area contributed by atoms with Crippen LogP contribution in [0.2, 0.25) is 0 Å². The minimum absolute atomic E-state index is 0.580. The number of aromatic nitrogens is 3. The molecule has 0 unspecified atom stereocenters. The molecule has 0 atom stereocenters. The maximum atomic E-state index is 4.53. The highest BCUT2D eigenvalue weighted by molar-refractivity contribution is 5.60. The molecule has 1 aromatic carbocycles. The fourth-order valence-corrected chi connectivity index (χ4v) is 3.25. The van der Waals surface area contributed by atoms with Crippen LogP contribution in [0, 0.1) is 0 Å². The van der Waals surface area contributed by atoms with E-state index >= 15 is 0 Å². The predicted octanol–water partition coefficient (Wildman–Crippen LogP) is 4.22. The molecule has 138 valence electrons. The third-order valence-corrected chi connectivity index (χ3v) is 4.70. The lowest BCUT2D eigenvalue weighted by Crippen LogP contribution is -2.29. The van der Waals surface area contributed by atoms with Gasteiger partial charge in [0.25, 0.3) is 0 Å². The fourth-order valence-electron chi connectivity index (χ4n) is 3.25. The molecule has 0 radical (unpaired) electrons. The first-order valence-electron chi connectivity index (χ1n) is 9.45. The molecule has 0 saturated carbocycles. The van der Waals surface area contributed by atoms with E-state index in [-0.39, 0.29) is 0 Å². The summed E-state index contributed by atoms with van der Waals surface area (Å²) in [4.78, 5) is 15.4. The van der Waals surface area contributed by atoms with Gasteiger partial charge in [0.1, 0.15) is 5.82 Å². The standard InChI is InChI=1S/C21H24N6/c1-2-13-27(14-3-1)19-8-6-18(7-9-19)25-21-23-12-10-20(26-21)24-16-17-5-4-11-22-15-17/h4-12,15H,1-3,13-14,16H2,(H2,23,24,25,26). The molecular weight excluding hydrogens is 336 g/mol. The zero-order chi connectivity index (χ0) is 18.3. The first-order chi connectivity index (χ1) is 13.4. The molecule has 1 aliphatic heterocycles. The van der Waals surface area contributed by atoms with E-state index in [0.717, 1.165) is 30.2 Å². The van der Waals surface area contributed by atoms with E-state index in [1.165, 1.54) is 24.9 Å². The highest BCUT2D eigenvalue weighted by Gasteiger charge is 2.10. The highest BCUT2D eigenvalue weighted by atomic mass is 15.1. The molecular formula is C21H24N6. The van der Waals surface area contributed by atoms with Crippen molar-refractivity contribution in [3.05, 3.63) is 66.6 Å². The number of benzene rings is 1. The molecule has 3 heterocycles. The Kier molecular flexibility index (Phi) is 5.43. The Bertz CT molecular complexity index is 844. The molecule has 6 nitrogen and oxygen atoms in total. The van der Waals surface area contributed by atoms with E-state index < -0.39 is 0 Å². The molecule has 0 spiro atoms. The molecule has 1 saturated heterocycles. The molecule has 4 rings (SSSR count). The molecule has 1 aliphatic rings. The third kappa shape index (κ3) is 4.73. The quantitative estimate of drug-likeness (QED) is 0.686. The molecule has 0 aliphatic carbocycles. The lowest BCUT2D eigenvalue weighted by atomic mass is 10.1. The van der Waals surface area contributed by atoms with Crippen molar-refractivity contribution in [2.24, 2.45) is 0 Å². The Labute approximate surface area is 159 Å². The van der Waals surface area contributed by atoms with Crippen LogP contribution >= 0.6 is 0 Å². The number of pyridine rings is 1. The van der Waals surface area contributed by atoms with Crippen molar-refractivity contribution >= 4 is 23.1 Å². The van der Waals surface area contributed by atoms with Crippen LogP contribution in [0.15, 0.2) is 61.1 Å². The summed E-state index contributed by atoms with van der Waals surface area (Å²) in [5, 5.41) is 6.58. The van der Waals surface area contributed by atoms with E-state index in [9.17, 15) is 0 Å². The molecule has 0 bridgehead atoms. The van der Waals surface area contributed by atoms with Gasteiger partial charge in [-0.3, -0.25) is 4.98 Å². The second kappa shape index (κ2) is 8.49. The number of nitrogens with one attached hydrogen (secondary N) is 2. The monoisotopic (exact) mass is 360 g/mol. The maximum Gasteiger partial charge on any atom is 0.229 e. The number of hydrogen-bond acceptors (Lipinski definition) is 6. The Balaban J connectivity index is 1.37. The molecule has 1 fully saturated rings. The third-order valence-electron chi connectivity index (χ3n) is 4.70. The van der Waals surface area contributed by atoms with Gasteiger partial charge in [0, 0.05) is 49.6 Å². The van der Waals surface area contributed by atoms with Crippen LogP contribution in [-0.2, 0) is 6.54 Å². The van der Waals surface area contributed by atoms with Gasteiger partial charge in [-0.05, 0) is 61.2 Å². The number of hydrogen-bond donors (Lipinski definition) is 2. The zero-order valence-electron chi connectivity index (χ0n) is 15.3. The molecule has 3 aromatic rings. The molecule has 0 amide bonds. The lowest BCUT2D eigenvalue weighted by Gasteiger charge is -2.28. The van der Waals surface area contributed by atoms with Gasteiger partial charge in [0.15, 0.2) is 0 Å². The van der Waals surface area contributed by atoms with Crippen molar-refractivity contribution in [1.29, 1.82) is 0 Å². The number of anilines is 4. The van der Waals surface area contributed by atoms with E-state index in [1.807, 2.05) is 24.4 Å². The molecule has 2 aromatic heterocycles. The highest BCUT2D eigenvalue weighted by Crippen LogP contribution is 2.23. The van der Waals surface area contributed by atoms with Gasteiger partial charge in [-0.2, -0.15) is 4.98 Å². The summed E-state index contributed by atoms with van der Waals surface area (Å²) in [5.41, 5.74) is 3.38. The van der Waals surface area contributed by atoms with Crippen molar-refractivity contribution < 1.29 is 0 Å². The van der Waals surface area contributed by atoms with Crippen molar-refractivity contribution in [3.63, 3.8) is 0 Å². The Morgan fingerprint density at radius 2 is 1.78 bits per heavy atom. The zero-order valence-corrected chi connectivity index (χ0v) is 15.3. The summed E-state index contributed by atoms with van der Waals surface area (Å²) in [6.45, 7) is 2.98. The fraction of sp³-hybridized carbons (Fsp3) is 0.286. The van der Waals surface area contributed by atoms with Gasteiger partial charge in [-0.25, -0.2) is 4.98 Å². The second-order valence-corrected chi connectivity index (χ2v) is 6.70. The smallest absolute Gasteiger partial charge is 0.229 e. The van der Waals surface area contributed by atoms with Gasteiger partial charge in [0.2, 0.25) is 5.95 Å². The summed E-state index contributed by atoms with van der Waals surface area (Å²) in [6.07, 6.45) is 9.28. The SMILES string of the molecule is c1cncc(CNc2ccnc(Nc3ccc(N4CCCCC4)cc3)n2)c1. The summed E-state index contributed by atoms with van der Waals surface area (Å²) < 4.78 is 0. The van der Waals surface area contributed by atoms with Crippen molar-refractivity contribution in [2.45, 2.75) is 25.8 Å². The second-order valence-electron chi connectivity index (χ2n) is 6.70. The van der Waals surface area contributed by atoms with E-state index in [1.54, 1.807) is 12.4 Å². The van der Waals surface area contributed by atoms with Crippen molar-refractivity contribution in [2.75, 3.05) is 28.6 Å². The van der Waals surface area contributed by atoms with Gasteiger partial charge in [0.05, 0.1) is 0 Å². The van der Waals surface area contributed by atoms with E-state index in [0.29, 0.717) is 12.5 Å². The summed E-state index contributed by atoms with van der Waals surface area (Å²) >= 11 is 0. The number of piperidine rings is 1. The van der Waals surface area contributed by atoms with Crippen molar-refractivity contribution in [3.8, 4) is 0 Å². The van der Waals surface area contributed by atoms with Crippen LogP contribution in [0.5, 0.6) is 0 Å². The Hall–Kier alpha value is -3.15. The Morgan fingerprint density at radius 3 is 2.56 bits per heavy atom. The summed E-state index contributed by atoms with van der Waals surface area (Å²) in [5.74, 6) is 1.36. The van der Waals surface area contributed by atoms with Crippen LogP contribution in [-0.4, -0.2) is 28.0 Å². The van der Waals surface area contributed by atoms with E-state index in [4.69, 9.17) is 0 Å². The number of rotatable bonds is 6. The molecule has 2 N–H and O–H groups in total. The average Bonchev–Trinajstić information content (AvgIpc) is 2.75. The summed E-state index contributed by atoms with van der Waals surface area (Å²) in [6, 6.07) is 14.3. The average molecular weight is 360 g/mol. The van der Waals surface area contributed by atoms with Crippen LogP contribution < -0.4 is 15.5 Å². The maximum absolute atomic E-state index is 4.53. The normalized spacial score (nSPS) is 14.0. The van der Waals surface area contributed by atoms with E-state index in [2.05, 4.69) is 54.8 Å². The summed E-state index contributed by atoms with van der Waals surface area (Å²) in [7, 11) is 0. The van der Waals surface area contributed by atoms with Gasteiger partial charge < -0.3 is 15.5 Å². The minimum atomic E-state index is 0.580. The first kappa shape index (κ1) is 17.3. The molecule has 6 heteroatoms. The van der Waals surface area contributed by atoms with Gasteiger partial charge >= 0.3 is 0 Å². The number of nitrogens with zero attached hydrogens (tertiary/aromatic N) is 4. The Morgan fingerprint density at radius 1 is 0.926 bits per heavy atom. The van der Waals surface area contributed by atoms with Crippen LogP contribution in [0.25, 0.3) is 0 Å². The topological polar surface area (TPSA) is 66.0 Å². The van der Waals surface area contributed by atoms with Crippen molar-refractivity contribution in [1.82, 2.24) is 15.0 Å². The molecule has 27 heavy (non-hydrogen) atoms. The van der Waals surface area contributed by atoms with Crippen LogP contribution in [0.1, 0.15) is 24.8 Å². The van der Waals surface area contributed by atoms with Gasteiger partial charge in [-0.1, -0.05) is 6.07 Å². The lowest BCUT2D eigenvalue weighted by molar-refractivity contribution is 0.578. The van der Waals surface area contributed by atoms with Crippen LogP contribution in [0.4, 0.5) is 23.1 Å². The van der Waals surface area contributed by atoms with Crippen LogP contribution in [0.3, 0.4) is 0 Å².